The zero-order valence-electron chi connectivity index (χ0n) is 15.6. The van der Waals surface area contributed by atoms with E-state index in [1.807, 2.05) is 18.5 Å². The monoisotopic (exact) mass is 352 g/mol. The van der Waals surface area contributed by atoms with Gasteiger partial charge in [0.15, 0.2) is 5.82 Å². The molecule has 138 valence electrons. The van der Waals surface area contributed by atoms with Gasteiger partial charge in [0.2, 0.25) is 0 Å². The molecular formula is C20H28N6. The normalized spacial score (nSPS) is 24.2. The summed E-state index contributed by atoms with van der Waals surface area (Å²) in [5.41, 5.74) is 1.19. The third kappa shape index (κ3) is 2.67. The molecule has 0 N–H and O–H groups in total. The van der Waals surface area contributed by atoms with Crippen LogP contribution >= 0.6 is 0 Å². The van der Waals surface area contributed by atoms with E-state index in [0.29, 0.717) is 0 Å². The molecule has 4 heterocycles. The summed E-state index contributed by atoms with van der Waals surface area (Å²) in [6.45, 7) is 4.36. The fourth-order valence-electron chi connectivity index (χ4n) is 5.43. The second-order valence-electron chi connectivity index (χ2n) is 8.39. The predicted octanol–water partition coefficient (Wildman–Crippen LogP) is 2.52. The van der Waals surface area contributed by atoms with Gasteiger partial charge in [-0.05, 0) is 44.9 Å². The Morgan fingerprint density at radius 2 is 1.92 bits per heavy atom. The highest BCUT2D eigenvalue weighted by atomic mass is 15.4. The second kappa shape index (κ2) is 6.43. The van der Waals surface area contributed by atoms with Crippen LogP contribution in [0.15, 0.2) is 24.5 Å². The highest BCUT2D eigenvalue weighted by Gasteiger charge is 2.44. The molecule has 0 atom stereocenters. The van der Waals surface area contributed by atoms with Gasteiger partial charge in [0.1, 0.15) is 5.82 Å². The van der Waals surface area contributed by atoms with Crippen LogP contribution in [0.25, 0.3) is 11.4 Å². The lowest BCUT2D eigenvalue weighted by molar-refractivity contribution is 0.0359. The van der Waals surface area contributed by atoms with E-state index in [-0.39, 0.29) is 5.54 Å². The Labute approximate surface area is 155 Å². The van der Waals surface area contributed by atoms with Gasteiger partial charge >= 0.3 is 0 Å². The lowest BCUT2D eigenvalue weighted by Crippen LogP contribution is -2.56. The van der Waals surface area contributed by atoms with E-state index in [1.165, 1.54) is 51.6 Å². The maximum Gasteiger partial charge on any atom is 0.166 e. The Morgan fingerprint density at radius 1 is 1.12 bits per heavy atom. The molecule has 26 heavy (non-hydrogen) atoms. The minimum absolute atomic E-state index is 0.117. The molecule has 2 aromatic heterocycles. The topological polar surface area (TPSA) is 50.1 Å². The van der Waals surface area contributed by atoms with Crippen LogP contribution in [0.5, 0.6) is 0 Å². The zero-order valence-corrected chi connectivity index (χ0v) is 15.6. The van der Waals surface area contributed by atoms with Gasteiger partial charge in [-0.2, -0.15) is 0 Å². The van der Waals surface area contributed by atoms with E-state index in [4.69, 9.17) is 0 Å². The average Bonchev–Trinajstić information content (AvgIpc) is 3.33. The van der Waals surface area contributed by atoms with Crippen LogP contribution in [0.2, 0.25) is 0 Å². The first-order valence-electron chi connectivity index (χ1n) is 10.0. The largest absolute Gasteiger partial charge is 0.302 e. The van der Waals surface area contributed by atoms with Crippen molar-refractivity contribution in [3.63, 3.8) is 0 Å². The van der Waals surface area contributed by atoms with Gasteiger partial charge in [-0.25, -0.2) is 0 Å². The molecule has 6 heteroatoms. The van der Waals surface area contributed by atoms with E-state index >= 15 is 0 Å². The van der Waals surface area contributed by atoms with Crippen LogP contribution in [0.1, 0.15) is 44.3 Å². The van der Waals surface area contributed by atoms with Crippen LogP contribution in [-0.4, -0.2) is 62.3 Å². The first-order valence-corrected chi connectivity index (χ1v) is 10.0. The van der Waals surface area contributed by atoms with Crippen molar-refractivity contribution < 1.29 is 0 Å². The third-order valence-corrected chi connectivity index (χ3v) is 6.67. The van der Waals surface area contributed by atoms with Gasteiger partial charge in [0, 0.05) is 43.6 Å². The van der Waals surface area contributed by atoms with E-state index in [1.54, 1.807) is 0 Å². The number of piperidine rings is 1. The quantitative estimate of drug-likeness (QED) is 0.831. The SMILES string of the molecule is CN1Cc2nnc(-c3cccnc3)n2C2(CCN(C3CCCC3)CC2)C1. The molecule has 2 aromatic rings. The molecule has 2 fully saturated rings. The number of fused-ring (bicyclic) bond motifs is 2. The van der Waals surface area contributed by atoms with E-state index in [0.717, 1.165) is 36.3 Å². The minimum atomic E-state index is 0.117. The van der Waals surface area contributed by atoms with Crippen molar-refractivity contribution in [2.24, 2.45) is 0 Å². The first-order chi connectivity index (χ1) is 12.8. The second-order valence-corrected chi connectivity index (χ2v) is 8.39. The molecule has 2 aliphatic heterocycles. The number of hydrogen-bond donors (Lipinski definition) is 0. The molecule has 0 unspecified atom stereocenters. The Bertz CT molecular complexity index is 756. The first kappa shape index (κ1) is 16.4. The molecule has 0 radical (unpaired) electrons. The number of likely N-dealkylation sites (N-methyl/N-ethyl adjacent to an activating group) is 1. The molecule has 3 aliphatic rings. The molecule has 1 saturated carbocycles. The zero-order chi connectivity index (χ0) is 17.6. The van der Waals surface area contributed by atoms with Gasteiger partial charge in [-0.3, -0.25) is 9.88 Å². The van der Waals surface area contributed by atoms with E-state index in [2.05, 4.69) is 42.7 Å². The lowest BCUT2D eigenvalue weighted by Gasteiger charge is -2.49. The summed E-state index contributed by atoms with van der Waals surface area (Å²) in [6.07, 6.45) is 11.7. The number of nitrogens with zero attached hydrogens (tertiary/aromatic N) is 6. The Morgan fingerprint density at radius 3 is 2.65 bits per heavy atom. The summed E-state index contributed by atoms with van der Waals surface area (Å²) in [5, 5.41) is 9.14. The molecule has 0 bridgehead atoms. The number of aromatic nitrogens is 4. The van der Waals surface area contributed by atoms with Gasteiger partial charge in [0.05, 0.1) is 12.1 Å². The third-order valence-electron chi connectivity index (χ3n) is 6.67. The predicted molar refractivity (Wildman–Crippen MR) is 101 cm³/mol. The van der Waals surface area contributed by atoms with Crippen molar-refractivity contribution in [1.82, 2.24) is 29.5 Å². The van der Waals surface area contributed by atoms with Crippen LogP contribution < -0.4 is 0 Å². The molecular weight excluding hydrogens is 324 g/mol. The van der Waals surface area contributed by atoms with E-state index < -0.39 is 0 Å². The number of likely N-dealkylation sites (tertiary alicyclic amines) is 1. The number of rotatable bonds is 2. The molecule has 1 saturated heterocycles. The highest BCUT2D eigenvalue weighted by Crippen LogP contribution is 2.40. The lowest BCUT2D eigenvalue weighted by atomic mass is 9.84. The molecule has 5 rings (SSSR count). The van der Waals surface area contributed by atoms with Crippen LogP contribution in [0, 0.1) is 0 Å². The summed E-state index contributed by atoms with van der Waals surface area (Å²) in [7, 11) is 2.22. The molecule has 0 aromatic carbocycles. The van der Waals surface area contributed by atoms with Gasteiger partial charge in [-0.1, -0.05) is 12.8 Å². The van der Waals surface area contributed by atoms with Crippen molar-refractivity contribution in [2.45, 2.75) is 56.7 Å². The highest BCUT2D eigenvalue weighted by molar-refractivity contribution is 5.54. The van der Waals surface area contributed by atoms with E-state index in [9.17, 15) is 0 Å². The maximum atomic E-state index is 4.58. The molecule has 1 spiro atoms. The fourth-order valence-corrected chi connectivity index (χ4v) is 5.43. The van der Waals surface area contributed by atoms with Crippen molar-refractivity contribution in [3.8, 4) is 11.4 Å². The average molecular weight is 352 g/mol. The van der Waals surface area contributed by atoms with Crippen LogP contribution in [0.4, 0.5) is 0 Å². The maximum absolute atomic E-state index is 4.58. The van der Waals surface area contributed by atoms with Crippen molar-refractivity contribution >= 4 is 0 Å². The molecule has 0 amide bonds. The van der Waals surface area contributed by atoms with Crippen LogP contribution in [-0.2, 0) is 12.1 Å². The Kier molecular flexibility index (Phi) is 4.05. The molecule has 6 nitrogen and oxygen atoms in total. The van der Waals surface area contributed by atoms with Gasteiger partial charge in [0.25, 0.3) is 0 Å². The van der Waals surface area contributed by atoms with Crippen molar-refractivity contribution in [1.29, 1.82) is 0 Å². The molecule has 1 aliphatic carbocycles. The Hall–Kier alpha value is -1.79. The summed E-state index contributed by atoms with van der Waals surface area (Å²) in [5.74, 6) is 2.10. The standard InChI is InChI=1S/C20H28N6/c1-24-14-18-22-23-19(16-5-4-10-21-13-16)26(18)20(15-24)8-11-25(12-9-20)17-6-2-3-7-17/h4-5,10,13,17H,2-3,6-9,11-12,14-15H2,1H3. The summed E-state index contributed by atoms with van der Waals surface area (Å²) < 4.78 is 2.47. The van der Waals surface area contributed by atoms with Crippen molar-refractivity contribution in [3.05, 3.63) is 30.4 Å². The fraction of sp³-hybridized carbons (Fsp3) is 0.650. The Balaban J connectivity index is 1.48. The van der Waals surface area contributed by atoms with Gasteiger partial charge < -0.3 is 9.47 Å². The number of pyridine rings is 1. The minimum Gasteiger partial charge on any atom is -0.302 e. The number of hydrogen-bond acceptors (Lipinski definition) is 5. The smallest absolute Gasteiger partial charge is 0.166 e. The van der Waals surface area contributed by atoms with Gasteiger partial charge in [-0.15, -0.1) is 10.2 Å². The summed E-state index contributed by atoms with van der Waals surface area (Å²) in [4.78, 5) is 9.47. The van der Waals surface area contributed by atoms with Crippen LogP contribution in [0.3, 0.4) is 0 Å². The summed E-state index contributed by atoms with van der Waals surface area (Å²) >= 11 is 0. The van der Waals surface area contributed by atoms with Crippen molar-refractivity contribution in [2.75, 3.05) is 26.7 Å². The summed E-state index contributed by atoms with van der Waals surface area (Å²) in [6, 6.07) is 4.91.